The number of ketones is 1. The Hall–Kier alpha value is -1.38. The molecule has 1 heterocycles. The minimum Gasteiger partial charge on any atom is -0.506 e. The smallest absolute Gasteiger partial charge is 0.135 e. The van der Waals surface area contributed by atoms with E-state index in [1.54, 1.807) is 6.07 Å². The van der Waals surface area contributed by atoms with Crippen molar-refractivity contribution < 1.29 is 9.90 Å². The highest BCUT2D eigenvalue weighted by Crippen LogP contribution is 2.26. The molecule has 1 N–H and O–H groups in total. The van der Waals surface area contributed by atoms with Crippen molar-refractivity contribution in [2.45, 2.75) is 44.9 Å². The highest BCUT2D eigenvalue weighted by atomic mass is 16.3. The Morgan fingerprint density at radius 2 is 2.12 bits per heavy atom. The number of carbonyl (C=O) groups excluding carboxylic acids is 1. The topological polar surface area (TPSA) is 50.2 Å². The molecule has 17 heavy (non-hydrogen) atoms. The van der Waals surface area contributed by atoms with Crippen LogP contribution in [0.5, 0.6) is 5.75 Å². The molecule has 1 aliphatic rings. The van der Waals surface area contributed by atoms with Crippen LogP contribution in [0.25, 0.3) is 0 Å². The second-order valence-corrected chi connectivity index (χ2v) is 4.81. The Bertz CT molecular complexity index is 366. The molecular weight excluding hydrogens is 214 g/mol. The average Bonchev–Trinajstić information content (AvgIpc) is 2.85. The van der Waals surface area contributed by atoms with Gasteiger partial charge in [-0.05, 0) is 37.8 Å². The van der Waals surface area contributed by atoms with E-state index in [4.69, 9.17) is 5.11 Å². The fraction of sp³-hybridized carbons (Fsp3) is 0.571. The summed E-state index contributed by atoms with van der Waals surface area (Å²) in [6.45, 7) is 0. The summed E-state index contributed by atoms with van der Waals surface area (Å²) in [6, 6.07) is 3.45. The first-order chi connectivity index (χ1) is 8.25. The Balaban J connectivity index is 1.72. The number of carbonyl (C=O) groups is 1. The number of aromatic hydroxyl groups is 1. The highest BCUT2D eigenvalue weighted by molar-refractivity contribution is 5.81. The molecule has 0 saturated heterocycles. The fourth-order valence-corrected chi connectivity index (χ4v) is 2.46. The van der Waals surface area contributed by atoms with Gasteiger partial charge in [-0.3, -0.25) is 9.78 Å². The van der Waals surface area contributed by atoms with Crippen molar-refractivity contribution in [3.8, 4) is 5.75 Å². The van der Waals surface area contributed by atoms with Gasteiger partial charge in [-0.1, -0.05) is 12.8 Å². The van der Waals surface area contributed by atoms with Crippen molar-refractivity contribution in [2.75, 3.05) is 0 Å². The number of hydrogen-bond acceptors (Lipinski definition) is 3. The SMILES string of the molecule is O=C(CCCc1ccc(O)cn1)C1CCCC1. The summed E-state index contributed by atoms with van der Waals surface area (Å²) < 4.78 is 0. The van der Waals surface area contributed by atoms with E-state index in [9.17, 15) is 4.79 Å². The van der Waals surface area contributed by atoms with E-state index in [1.807, 2.05) is 6.07 Å². The number of pyridine rings is 1. The summed E-state index contributed by atoms with van der Waals surface area (Å²) in [7, 11) is 0. The Morgan fingerprint density at radius 3 is 2.76 bits per heavy atom. The van der Waals surface area contributed by atoms with E-state index in [2.05, 4.69) is 4.98 Å². The Morgan fingerprint density at radius 1 is 1.35 bits per heavy atom. The minimum absolute atomic E-state index is 0.191. The molecule has 1 aliphatic carbocycles. The monoisotopic (exact) mass is 233 g/mol. The maximum Gasteiger partial charge on any atom is 0.135 e. The quantitative estimate of drug-likeness (QED) is 0.850. The zero-order valence-corrected chi connectivity index (χ0v) is 10.1. The van der Waals surface area contributed by atoms with Gasteiger partial charge in [-0.2, -0.15) is 0 Å². The lowest BCUT2D eigenvalue weighted by atomic mass is 9.98. The van der Waals surface area contributed by atoms with Gasteiger partial charge in [0.05, 0.1) is 6.20 Å². The lowest BCUT2D eigenvalue weighted by Gasteiger charge is -2.07. The van der Waals surface area contributed by atoms with Gasteiger partial charge in [0.2, 0.25) is 0 Å². The van der Waals surface area contributed by atoms with Crippen LogP contribution in [-0.4, -0.2) is 15.9 Å². The molecule has 0 bridgehead atoms. The molecule has 0 aromatic carbocycles. The van der Waals surface area contributed by atoms with Crippen LogP contribution in [0.4, 0.5) is 0 Å². The zero-order valence-electron chi connectivity index (χ0n) is 10.1. The first-order valence-electron chi connectivity index (χ1n) is 6.42. The maximum absolute atomic E-state index is 11.8. The molecule has 1 fully saturated rings. The molecule has 92 valence electrons. The third-order valence-electron chi connectivity index (χ3n) is 3.48. The molecule has 1 aromatic heterocycles. The molecule has 1 aromatic rings. The second kappa shape index (κ2) is 5.80. The number of Topliss-reactive ketones (excluding diaryl/α,β-unsaturated/α-hetero) is 1. The van der Waals surface area contributed by atoms with E-state index in [0.29, 0.717) is 18.1 Å². The number of nitrogens with zero attached hydrogens (tertiary/aromatic N) is 1. The largest absolute Gasteiger partial charge is 0.506 e. The molecule has 3 nitrogen and oxygen atoms in total. The molecule has 0 unspecified atom stereocenters. The van der Waals surface area contributed by atoms with Crippen molar-refractivity contribution in [2.24, 2.45) is 5.92 Å². The first-order valence-corrected chi connectivity index (χ1v) is 6.42. The van der Waals surface area contributed by atoms with Crippen LogP contribution in [0.15, 0.2) is 18.3 Å². The number of rotatable bonds is 5. The predicted octanol–water partition coefficient (Wildman–Crippen LogP) is 2.87. The van der Waals surface area contributed by atoms with Crippen LogP contribution in [0.2, 0.25) is 0 Å². The second-order valence-electron chi connectivity index (χ2n) is 4.81. The van der Waals surface area contributed by atoms with E-state index >= 15 is 0 Å². The van der Waals surface area contributed by atoms with Crippen LogP contribution >= 0.6 is 0 Å². The standard InChI is InChI=1S/C14H19NO2/c16-13-9-8-12(15-10-13)6-3-7-14(17)11-4-1-2-5-11/h8-11,16H,1-7H2. The molecule has 0 radical (unpaired) electrons. The maximum atomic E-state index is 11.8. The van der Waals surface area contributed by atoms with E-state index in [-0.39, 0.29) is 5.75 Å². The van der Waals surface area contributed by atoms with Gasteiger partial charge in [0.15, 0.2) is 0 Å². The van der Waals surface area contributed by atoms with Crippen LogP contribution in [0.3, 0.4) is 0 Å². The van der Waals surface area contributed by atoms with Gasteiger partial charge in [-0.25, -0.2) is 0 Å². The molecule has 3 heteroatoms. The molecule has 0 atom stereocenters. The fourth-order valence-electron chi connectivity index (χ4n) is 2.46. The van der Waals surface area contributed by atoms with Crippen molar-refractivity contribution in [1.29, 1.82) is 0 Å². The van der Waals surface area contributed by atoms with Crippen LogP contribution in [0.1, 0.15) is 44.2 Å². The normalized spacial score (nSPS) is 16.2. The summed E-state index contributed by atoms with van der Waals surface area (Å²) >= 11 is 0. The molecule has 1 saturated carbocycles. The summed E-state index contributed by atoms with van der Waals surface area (Å²) in [5.74, 6) is 0.958. The first kappa shape index (κ1) is 12.1. The third kappa shape index (κ3) is 3.55. The minimum atomic E-state index is 0.191. The van der Waals surface area contributed by atoms with Gasteiger partial charge >= 0.3 is 0 Å². The number of hydrogen-bond donors (Lipinski definition) is 1. The summed E-state index contributed by atoms with van der Waals surface area (Å²) in [6.07, 6.45) is 8.44. The van der Waals surface area contributed by atoms with Gasteiger partial charge in [0, 0.05) is 18.0 Å². The summed E-state index contributed by atoms with van der Waals surface area (Å²) in [5, 5.41) is 9.10. The predicted molar refractivity (Wildman–Crippen MR) is 65.8 cm³/mol. The summed E-state index contributed by atoms with van der Waals surface area (Å²) in [4.78, 5) is 15.9. The third-order valence-corrected chi connectivity index (χ3v) is 3.48. The zero-order chi connectivity index (χ0) is 12.1. The van der Waals surface area contributed by atoms with Crippen LogP contribution in [-0.2, 0) is 11.2 Å². The molecule has 0 spiro atoms. The van der Waals surface area contributed by atoms with E-state index < -0.39 is 0 Å². The molecule has 2 rings (SSSR count). The molecular formula is C14H19NO2. The molecule has 0 amide bonds. The van der Waals surface area contributed by atoms with Gasteiger partial charge in [0.1, 0.15) is 11.5 Å². The van der Waals surface area contributed by atoms with Crippen LogP contribution in [0, 0.1) is 5.92 Å². The van der Waals surface area contributed by atoms with Crippen molar-refractivity contribution in [1.82, 2.24) is 4.98 Å². The van der Waals surface area contributed by atoms with E-state index in [1.165, 1.54) is 19.0 Å². The van der Waals surface area contributed by atoms with Crippen molar-refractivity contribution >= 4 is 5.78 Å². The Kier molecular flexibility index (Phi) is 4.13. The molecule has 0 aliphatic heterocycles. The van der Waals surface area contributed by atoms with Crippen molar-refractivity contribution in [3.05, 3.63) is 24.0 Å². The summed E-state index contributed by atoms with van der Waals surface area (Å²) in [5.41, 5.74) is 0.946. The van der Waals surface area contributed by atoms with E-state index in [0.717, 1.165) is 31.4 Å². The average molecular weight is 233 g/mol. The van der Waals surface area contributed by atoms with Crippen LogP contribution < -0.4 is 0 Å². The number of aromatic nitrogens is 1. The van der Waals surface area contributed by atoms with Crippen molar-refractivity contribution in [3.63, 3.8) is 0 Å². The lowest BCUT2D eigenvalue weighted by Crippen LogP contribution is -2.10. The number of aryl methyl sites for hydroxylation is 1. The Labute approximate surface area is 102 Å². The van der Waals surface area contributed by atoms with Gasteiger partial charge < -0.3 is 5.11 Å². The van der Waals surface area contributed by atoms with Gasteiger partial charge in [-0.15, -0.1) is 0 Å². The van der Waals surface area contributed by atoms with Gasteiger partial charge in [0.25, 0.3) is 0 Å². The highest BCUT2D eigenvalue weighted by Gasteiger charge is 2.21. The lowest BCUT2D eigenvalue weighted by molar-refractivity contribution is -0.122.